The maximum absolute atomic E-state index is 11.6. The molecular weight excluding hydrogens is 272 g/mol. The number of nitrogens with zero attached hydrogens (tertiary/aromatic N) is 2. The summed E-state index contributed by atoms with van der Waals surface area (Å²) in [4.78, 5) is 0.202. The van der Waals surface area contributed by atoms with Gasteiger partial charge in [-0.3, -0.25) is 4.68 Å². The molecule has 0 radical (unpaired) electrons. The number of unbranched alkanes of at least 4 members (excludes halogenated alkanes) is 1. The van der Waals surface area contributed by atoms with E-state index in [9.17, 15) is 8.42 Å². The molecule has 0 fully saturated rings. The van der Waals surface area contributed by atoms with Crippen LogP contribution in [-0.2, 0) is 28.4 Å². The molecule has 6 heteroatoms. The van der Waals surface area contributed by atoms with Gasteiger partial charge in [-0.1, -0.05) is 19.9 Å². The Kier molecular flexibility index (Phi) is 5.41. The fourth-order valence-electron chi connectivity index (χ4n) is 1.96. The molecule has 0 aliphatic rings. The maximum Gasteiger partial charge on any atom is 0.264 e. The summed E-state index contributed by atoms with van der Waals surface area (Å²) >= 11 is 0. The Morgan fingerprint density at radius 3 is 2.50 bits per heavy atom. The largest absolute Gasteiger partial charge is 0.268 e. The highest BCUT2D eigenvalue weighted by Crippen LogP contribution is 2.25. The second-order valence-electron chi connectivity index (χ2n) is 4.02. The lowest BCUT2D eigenvalue weighted by Crippen LogP contribution is -2.06. The Morgan fingerprint density at radius 2 is 2.06 bits per heavy atom. The van der Waals surface area contributed by atoms with Crippen molar-refractivity contribution in [3.8, 4) is 0 Å². The van der Waals surface area contributed by atoms with Gasteiger partial charge >= 0.3 is 0 Å². The molecule has 0 saturated carbocycles. The van der Waals surface area contributed by atoms with Crippen LogP contribution in [-0.4, -0.2) is 18.2 Å². The van der Waals surface area contributed by atoms with Crippen molar-refractivity contribution in [3.63, 3.8) is 0 Å². The molecule has 0 saturated heterocycles. The van der Waals surface area contributed by atoms with Crippen molar-refractivity contribution in [2.75, 3.05) is 0 Å². The summed E-state index contributed by atoms with van der Waals surface area (Å²) in [7, 11) is 1.77. The Labute approximate surface area is 113 Å². The first-order valence-electron chi connectivity index (χ1n) is 6.09. The summed E-state index contributed by atoms with van der Waals surface area (Å²) in [6, 6.07) is 0. The predicted octanol–water partition coefficient (Wildman–Crippen LogP) is 2.90. The first kappa shape index (κ1) is 15.2. The average molecular weight is 291 g/mol. The lowest BCUT2D eigenvalue weighted by atomic mass is 10.2. The molecule has 1 heterocycles. The van der Waals surface area contributed by atoms with Gasteiger partial charge in [-0.05, 0) is 25.7 Å². The van der Waals surface area contributed by atoms with Gasteiger partial charge < -0.3 is 0 Å². The molecule has 0 spiro atoms. The first-order chi connectivity index (χ1) is 8.45. The minimum Gasteiger partial charge on any atom is -0.268 e. The van der Waals surface area contributed by atoms with E-state index >= 15 is 0 Å². The van der Waals surface area contributed by atoms with Gasteiger partial charge in [0.05, 0.1) is 11.4 Å². The van der Waals surface area contributed by atoms with Crippen molar-refractivity contribution in [3.05, 3.63) is 24.0 Å². The van der Waals surface area contributed by atoms with Gasteiger partial charge in [-0.2, -0.15) is 5.10 Å². The van der Waals surface area contributed by atoms with Gasteiger partial charge in [0.1, 0.15) is 4.90 Å². The smallest absolute Gasteiger partial charge is 0.264 e. The maximum atomic E-state index is 11.6. The summed E-state index contributed by atoms with van der Waals surface area (Å²) in [5.41, 5.74) is 1.26. The highest BCUT2D eigenvalue weighted by atomic mass is 35.7. The third kappa shape index (κ3) is 3.36. The zero-order valence-electron chi connectivity index (χ0n) is 10.8. The first-order valence-corrected chi connectivity index (χ1v) is 8.40. The molecule has 0 bridgehead atoms. The van der Waals surface area contributed by atoms with E-state index in [1.165, 1.54) is 0 Å². The van der Waals surface area contributed by atoms with Gasteiger partial charge in [0.2, 0.25) is 0 Å². The zero-order chi connectivity index (χ0) is 13.8. The summed E-state index contributed by atoms with van der Waals surface area (Å²) in [5, 5.41) is 4.36. The van der Waals surface area contributed by atoms with Gasteiger partial charge in [0.15, 0.2) is 0 Å². The molecule has 0 aliphatic carbocycles. The van der Waals surface area contributed by atoms with Crippen LogP contribution in [0.25, 0.3) is 0 Å². The number of halogens is 1. The van der Waals surface area contributed by atoms with E-state index in [0.29, 0.717) is 30.8 Å². The van der Waals surface area contributed by atoms with Crippen LogP contribution < -0.4 is 0 Å². The van der Waals surface area contributed by atoms with Crippen LogP contribution in [0.5, 0.6) is 0 Å². The highest BCUT2D eigenvalue weighted by Gasteiger charge is 2.24. The molecule has 0 atom stereocenters. The van der Waals surface area contributed by atoms with E-state index in [1.54, 1.807) is 4.68 Å². The predicted molar refractivity (Wildman–Crippen MR) is 73.5 cm³/mol. The van der Waals surface area contributed by atoms with Crippen LogP contribution in [0.15, 0.2) is 17.6 Å². The highest BCUT2D eigenvalue weighted by molar-refractivity contribution is 8.13. The molecule has 18 heavy (non-hydrogen) atoms. The number of hydrogen-bond acceptors (Lipinski definition) is 3. The Hall–Kier alpha value is -0.810. The van der Waals surface area contributed by atoms with E-state index in [4.69, 9.17) is 10.7 Å². The van der Waals surface area contributed by atoms with Crippen LogP contribution >= 0.6 is 10.7 Å². The molecule has 1 rings (SSSR count). The van der Waals surface area contributed by atoms with Crippen molar-refractivity contribution in [1.29, 1.82) is 0 Å². The second-order valence-corrected chi connectivity index (χ2v) is 6.52. The quantitative estimate of drug-likeness (QED) is 0.441. The monoisotopic (exact) mass is 290 g/mol. The van der Waals surface area contributed by atoms with Gasteiger partial charge in [0, 0.05) is 17.2 Å². The van der Waals surface area contributed by atoms with Crippen LogP contribution in [0, 0.1) is 0 Å². The van der Waals surface area contributed by atoms with E-state index in [1.807, 2.05) is 19.9 Å². The number of allylic oxidation sites excluding steroid dienone is 1. The summed E-state index contributed by atoms with van der Waals surface area (Å²) in [5.74, 6) is 0. The lowest BCUT2D eigenvalue weighted by molar-refractivity contribution is 0.553. The molecule has 102 valence electrons. The van der Waals surface area contributed by atoms with E-state index < -0.39 is 9.05 Å². The number of aromatic nitrogens is 2. The topological polar surface area (TPSA) is 52.0 Å². The van der Waals surface area contributed by atoms with Crippen molar-refractivity contribution in [1.82, 2.24) is 9.78 Å². The summed E-state index contributed by atoms with van der Waals surface area (Å²) in [6.45, 7) is 8.14. The summed E-state index contributed by atoms with van der Waals surface area (Å²) in [6.07, 6.45) is 4.77. The third-order valence-electron chi connectivity index (χ3n) is 2.77. The second kappa shape index (κ2) is 6.38. The molecular formula is C12H19ClN2O2S. The van der Waals surface area contributed by atoms with E-state index in [-0.39, 0.29) is 4.90 Å². The van der Waals surface area contributed by atoms with E-state index in [0.717, 1.165) is 12.8 Å². The van der Waals surface area contributed by atoms with Crippen LogP contribution in [0.2, 0.25) is 0 Å². The van der Waals surface area contributed by atoms with Gasteiger partial charge in [-0.25, -0.2) is 8.42 Å². The van der Waals surface area contributed by atoms with E-state index in [2.05, 4.69) is 11.7 Å². The fraction of sp³-hybridized carbons (Fsp3) is 0.583. The number of aryl methyl sites for hydroxylation is 2. The molecule has 0 aliphatic heterocycles. The Morgan fingerprint density at radius 1 is 1.39 bits per heavy atom. The van der Waals surface area contributed by atoms with Crippen molar-refractivity contribution in [2.45, 2.75) is 51.0 Å². The molecule has 1 aromatic rings. The Balaban J connectivity index is 3.21. The van der Waals surface area contributed by atoms with Crippen LogP contribution in [0.4, 0.5) is 0 Å². The lowest BCUT2D eigenvalue weighted by Gasteiger charge is -2.05. The number of rotatable bonds is 7. The molecule has 0 unspecified atom stereocenters. The molecule has 0 N–H and O–H groups in total. The third-order valence-corrected chi connectivity index (χ3v) is 4.19. The standard InChI is InChI=1S/C12H19ClN2O2S/c1-4-7-8-9-15-11(6-3)12(18(13,16)17)10(5-2)14-15/h4H,1,5-9H2,2-3H3. The Bertz CT molecular complexity index is 520. The van der Waals surface area contributed by atoms with Crippen LogP contribution in [0.1, 0.15) is 38.1 Å². The van der Waals surface area contributed by atoms with Crippen LogP contribution in [0.3, 0.4) is 0 Å². The summed E-state index contributed by atoms with van der Waals surface area (Å²) < 4.78 is 25.0. The molecule has 0 amide bonds. The molecule has 0 aromatic carbocycles. The minimum atomic E-state index is -3.73. The fourth-order valence-corrected chi connectivity index (χ4v) is 3.49. The van der Waals surface area contributed by atoms with Gasteiger partial charge in [-0.15, -0.1) is 6.58 Å². The zero-order valence-corrected chi connectivity index (χ0v) is 12.4. The van der Waals surface area contributed by atoms with Crippen molar-refractivity contribution in [2.24, 2.45) is 0 Å². The normalized spacial score (nSPS) is 11.7. The SMILES string of the molecule is C=CCCCn1nc(CC)c(S(=O)(=O)Cl)c1CC. The van der Waals surface area contributed by atoms with Crippen molar-refractivity contribution >= 4 is 19.7 Å². The molecule has 4 nitrogen and oxygen atoms in total. The minimum absolute atomic E-state index is 0.202. The van der Waals surface area contributed by atoms with Gasteiger partial charge in [0.25, 0.3) is 9.05 Å². The molecule has 1 aromatic heterocycles. The number of hydrogen-bond donors (Lipinski definition) is 0. The van der Waals surface area contributed by atoms with Crippen molar-refractivity contribution < 1.29 is 8.42 Å². The average Bonchev–Trinajstić information content (AvgIpc) is 2.67.